The number of aryl methyl sites for hydroxylation is 1. The lowest BCUT2D eigenvalue weighted by Crippen LogP contribution is -2.41. The van der Waals surface area contributed by atoms with Gasteiger partial charge in [0.2, 0.25) is 10.0 Å². The minimum absolute atomic E-state index is 0.289. The molecule has 4 nitrogen and oxygen atoms in total. The maximum atomic E-state index is 12.7. The Morgan fingerprint density at radius 1 is 1.58 bits per heavy atom. The van der Waals surface area contributed by atoms with Crippen molar-refractivity contribution in [1.29, 1.82) is 0 Å². The summed E-state index contributed by atoms with van der Waals surface area (Å²) in [6.07, 6.45) is 2.18. The minimum atomic E-state index is -3.37. The third kappa shape index (κ3) is 3.39. The van der Waals surface area contributed by atoms with Crippen molar-refractivity contribution in [2.75, 3.05) is 19.6 Å². The Morgan fingerprint density at radius 2 is 2.32 bits per heavy atom. The Bertz CT molecular complexity index is 536. The summed E-state index contributed by atoms with van der Waals surface area (Å²) >= 11 is 4.82. The van der Waals surface area contributed by atoms with Crippen molar-refractivity contribution >= 4 is 37.3 Å². The standard InChI is InChI=1S/C12H19BrN2O2S2/c1-3-15(8-10-5-4-6-14-10)19(16,17)11-7-12(13)18-9(11)2/h7,10,14H,3-6,8H2,1-2H3. The molecule has 108 valence electrons. The molecule has 0 saturated carbocycles. The highest BCUT2D eigenvalue weighted by atomic mass is 79.9. The van der Waals surface area contributed by atoms with Crippen molar-refractivity contribution in [2.24, 2.45) is 0 Å². The first kappa shape index (κ1) is 15.4. The minimum Gasteiger partial charge on any atom is -0.313 e. The summed E-state index contributed by atoms with van der Waals surface area (Å²) in [5.41, 5.74) is 0. The van der Waals surface area contributed by atoms with Crippen LogP contribution in [0.3, 0.4) is 0 Å². The van der Waals surface area contributed by atoms with Crippen LogP contribution in [0.1, 0.15) is 24.6 Å². The molecule has 0 spiro atoms. The number of sulfonamides is 1. The summed E-state index contributed by atoms with van der Waals surface area (Å²) < 4.78 is 27.8. The van der Waals surface area contributed by atoms with E-state index in [2.05, 4.69) is 21.2 Å². The lowest BCUT2D eigenvalue weighted by Gasteiger charge is -2.23. The van der Waals surface area contributed by atoms with Crippen molar-refractivity contribution in [3.8, 4) is 0 Å². The Labute approximate surface area is 127 Å². The van der Waals surface area contributed by atoms with Crippen LogP contribution in [0.4, 0.5) is 0 Å². The molecule has 1 aromatic rings. The quantitative estimate of drug-likeness (QED) is 0.870. The fraction of sp³-hybridized carbons (Fsp3) is 0.667. The highest BCUT2D eigenvalue weighted by molar-refractivity contribution is 9.11. The number of likely N-dealkylation sites (N-methyl/N-ethyl adjacent to an activating group) is 1. The molecule has 1 aromatic heterocycles. The molecule has 1 N–H and O–H groups in total. The molecule has 0 radical (unpaired) electrons. The van der Waals surface area contributed by atoms with Gasteiger partial charge < -0.3 is 5.32 Å². The molecular weight excluding hydrogens is 348 g/mol. The second-order valence-electron chi connectivity index (χ2n) is 4.72. The third-order valence-corrected chi connectivity index (χ3v) is 7.15. The van der Waals surface area contributed by atoms with Crippen LogP contribution in [-0.4, -0.2) is 38.4 Å². The van der Waals surface area contributed by atoms with Crippen molar-refractivity contribution in [2.45, 2.75) is 37.6 Å². The molecule has 0 amide bonds. The normalized spacial score (nSPS) is 20.3. The van der Waals surface area contributed by atoms with E-state index in [0.29, 0.717) is 18.0 Å². The number of halogens is 1. The van der Waals surface area contributed by atoms with Gasteiger partial charge in [-0.25, -0.2) is 8.42 Å². The molecule has 2 heterocycles. The number of thiophene rings is 1. The Balaban J connectivity index is 2.22. The summed E-state index contributed by atoms with van der Waals surface area (Å²) in [5.74, 6) is 0. The van der Waals surface area contributed by atoms with E-state index in [-0.39, 0.29) is 6.04 Å². The van der Waals surface area contributed by atoms with Crippen LogP contribution in [0.25, 0.3) is 0 Å². The molecule has 19 heavy (non-hydrogen) atoms. The zero-order valence-corrected chi connectivity index (χ0v) is 14.4. The first-order valence-electron chi connectivity index (χ1n) is 6.44. The van der Waals surface area contributed by atoms with Gasteiger partial charge in [-0.2, -0.15) is 4.31 Å². The maximum absolute atomic E-state index is 12.7. The summed E-state index contributed by atoms with van der Waals surface area (Å²) in [5, 5.41) is 3.35. The average Bonchev–Trinajstić information content (AvgIpc) is 2.95. The summed E-state index contributed by atoms with van der Waals surface area (Å²) in [7, 11) is -3.37. The average molecular weight is 367 g/mol. The summed E-state index contributed by atoms with van der Waals surface area (Å²) in [6.45, 7) is 5.80. The monoisotopic (exact) mass is 366 g/mol. The smallest absolute Gasteiger partial charge is 0.244 e. The van der Waals surface area contributed by atoms with E-state index in [4.69, 9.17) is 0 Å². The van der Waals surface area contributed by atoms with E-state index >= 15 is 0 Å². The Hall–Kier alpha value is 0.0500. The molecule has 0 aromatic carbocycles. The lowest BCUT2D eigenvalue weighted by atomic mass is 10.2. The van der Waals surface area contributed by atoms with E-state index in [1.165, 1.54) is 11.3 Å². The predicted molar refractivity (Wildman–Crippen MR) is 82.2 cm³/mol. The molecule has 1 aliphatic rings. The third-order valence-electron chi connectivity index (χ3n) is 3.40. The van der Waals surface area contributed by atoms with Gasteiger partial charge in [0.25, 0.3) is 0 Å². The highest BCUT2D eigenvalue weighted by Gasteiger charge is 2.29. The maximum Gasteiger partial charge on any atom is 0.244 e. The number of nitrogens with zero attached hydrogens (tertiary/aromatic N) is 1. The number of nitrogens with one attached hydrogen (secondary N) is 1. The molecular formula is C12H19BrN2O2S2. The van der Waals surface area contributed by atoms with Gasteiger partial charge in [0.05, 0.1) is 8.68 Å². The molecule has 1 atom stereocenters. The number of rotatable bonds is 5. The van der Waals surface area contributed by atoms with Crippen molar-refractivity contribution < 1.29 is 8.42 Å². The van der Waals surface area contributed by atoms with Gasteiger partial charge in [0.15, 0.2) is 0 Å². The van der Waals surface area contributed by atoms with E-state index in [9.17, 15) is 8.42 Å². The second kappa shape index (κ2) is 6.22. The summed E-state index contributed by atoms with van der Waals surface area (Å²) in [4.78, 5) is 1.27. The van der Waals surface area contributed by atoms with E-state index < -0.39 is 10.0 Å². The highest BCUT2D eigenvalue weighted by Crippen LogP contribution is 2.31. The molecule has 0 aliphatic carbocycles. The second-order valence-corrected chi connectivity index (χ2v) is 9.26. The largest absolute Gasteiger partial charge is 0.313 e. The zero-order valence-electron chi connectivity index (χ0n) is 11.1. The number of hydrogen-bond donors (Lipinski definition) is 1. The first-order valence-corrected chi connectivity index (χ1v) is 9.49. The molecule has 1 fully saturated rings. The molecule has 1 aliphatic heterocycles. The van der Waals surface area contributed by atoms with Crippen LogP contribution in [0, 0.1) is 6.92 Å². The van der Waals surface area contributed by atoms with Crippen LogP contribution in [-0.2, 0) is 10.0 Å². The van der Waals surface area contributed by atoms with Gasteiger partial charge in [0, 0.05) is 24.0 Å². The molecule has 1 saturated heterocycles. The van der Waals surface area contributed by atoms with E-state index in [1.807, 2.05) is 13.8 Å². The van der Waals surface area contributed by atoms with Crippen molar-refractivity contribution in [1.82, 2.24) is 9.62 Å². The van der Waals surface area contributed by atoms with Crippen LogP contribution >= 0.6 is 27.3 Å². The molecule has 1 unspecified atom stereocenters. The molecule has 0 bridgehead atoms. The van der Waals surface area contributed by atoms with Gasteiger partial charge in [-0.3, -0.25) is 0 Å². The fourth-order valence-electron chi connectivity index (χ4n) is 2.38. The Kier molecular flexibility index (Phi) is 5.05. The molecule has 7 heteroatoms. The van der Waals surface area contributed by atoms with Crippen LogP contribution in [0.15, 0.2) is 14.7 Å². The van der Waals surface area contributed by atoms with Crippen LogP contribution in [0.5, 0.6) is 0 Å². The van der Waals surface area contributed by atoms with Gasteiger partial charge >= 0.3 is 0 Å². The van der Waals surface area contributed by atoms with E-state index in [1.54, 1.807) is 10.4 Å². The van der Waals surface area contributed by atoms with Crippen LogP contribution in [0.2, 0.25) is 0 Å². The Morgan fingerprint density at radius 3 is 2.79 bits per heavy atom. The topological polar surface area (TPSA) is 49.4 Å². The first-order chi connectivity index (χ1) is 8.95. The van der Waals surface area contributed by atoms with Crippen molar-refractivity contribution in [3.05, 3.63) is 14.7 Å². The predicted octanol–water partition coefficient (Wildman–Crippen LogP) is 2.58. The van der Waals surface area contributed by atoms with Gasteiger partial charge in [-0.15, -0.1) is 11.3 Å². The number of hydrogen-bond acceptors (Lipinski definition) is 4. The van der Waals surface area contributed by atoms with Crippen LogP contribution < -0.4 is 5.32 Å². The van der Waals surface area contributed by atoms with Gasteiger partial charge in [-0.1, -0.05) is 6.92 Å². The van der Waals surface area contributed by atoms with E-state index in [0.717, 1.165) is 28.0 Å². The van der Waals surface area contributed by atoms with Gasteiger partial charge in [0.1, 0.15) is 0 Å². The van der Waals surface area contributed by atoms with Crippen molar-refractivity contribution in [3.63, 3.8) is 0 Å². The summed E-state index contributed by atoms with van der Waals surface area (Å²) in [6, 6.07) is 2.00. The lowest BCUT2D eigenvalue weighted by molar-refractivity contribution is 0.383. The zero-order chi connectivity index (χ0) is 14.0. The van der Waals surface area contributed by atoms with Gasteiger partial charge in [-0.05, 0) is 48.3 Å². The fourth-order valence-corrected chi connectivity index (χ4v) is 6.26. The molecule has 2 rings (SSSR count). The SMILES string of the molecule is CCN(CC1CCCN1)S(=O)(=O)c1cc(Br)sc1C.